The Morgan fingerprint density at radius 1 is 0.774 bits per heavy atom. The third-order valence-electron chi connectivity index (χ3n) is 4.76. The van der Waals surface area contributed by atoms with E-state index in [9.17, 15) is 4.79 Å². The van der Waals surface area contributed by atoms with Gasteiger partial charge in [0.25, 0.3) is 5.91 Å². The lowest BCUT2D eigenvalue weighted by Crippen LogP contribution is -2.28. The number of carbonyl (C=O) groups excluding carboxylic acids is 1. The molecule has 4 aromatic rings. The summed E-state index contributed by atoms with van der Waals surface area (Å²) >= 11 is 1.34. The van der Waals surface area contributed by atoms with Crippen LogP contribution in [-0.2, 0) is 4.79 Å². The average Bonchev–Trinajstić information content (AvgIpc) is 3.40. The maximum absolute atomic E-state index is 13.3. The van der Waals surface area contributed by atoms with Crippen LogP contribution < -0.4 is 4.90 Å². The molecule has 5 heteroatoms. The summed E-state index contributed by atoms with van der Waals surface area (Å²) in [4.78, 5) is 20.2. The summed E-state index contributed by atoms with van der Waals surface area (Å²) in [5.41, 5.74) is 2.57. The van der Waals surface area contributed by atoms with Crippen molar-refractivity contribution in [1.29, 1.82) is 0 Å². The van der Waals surface area contributed by atoms with E-state index < -0.39 is 0 Å². The van der Waals surface area contributed by atoms with Crippen molar-refractivity contribution in [3.63, 3.8) is 0 Å². The van der Waals surface area contributed by atoms with E-state index in [0.717, 1.165) is 22.7 Å². The topological polar surface area (TPSA) is 45.8 Å². The van der Waals surface area contributed by atoms with E-state index >= 15 is 0 Å². The SMILES string of the molecule is O=C1C(=Cc2ccc(-c3ccccc3)o2)SC(=Nc2ccccc2)N1c1ccccc1. The number of carbonyl (C=O) groups is 1. The van der Waals surface area contributed by atoms with Crippen LogP contribution in [0, 0.1) is 0 Å². The highest BCUT2D eigenvalue weighted by atomic mass is 32.2. The van der Waals surface area contributed by atoms with E-state index in [1.807, 2.05) is 103 Å². The summed E-state index contributed by atoms with van der Waals surface area (Å²) in [7, 11) is 0. The molecule has 1 fully saturated rings. The van der Waals surface area contributed by atoms with Gasteiger partial charge in [0.2, 0.25) is 0 Å². The summed E-state index contributed by atoms with van der Waals surface area (Å²) in [6.45, 7) is 0. The second-order valence-corrected chi connectivity index (χ2v) is 7.89. The highest BCUT2D eigenvalue weighted by Gasteiger charge is 2.35. The highest BCUT2D eigenvalue weighted by molar-refractivity contribution is 8.19. The number of para-hydroxylation sites is 2. The van der Waals surface area contributed by atoms with Gasteiger partial charge in [0.05, 0.1) is 16.3 Å². The predicted molar refractivity (Wildman–Crippen MR) is 127 cm³/mol. The first-order chi connectivity index (χ1) is 15.3. The zero-order chi connectivity index (χ0) is 21.0. The molecule has 0 aliphatic carbocycles. The normalized spacial score (nSPS) is 16.4. The molecule has 1 aliphatic rings. The van der Waals surface area contributed by atoms with Crippen LogP contribution in [0.2, 0.25) is 0 Å². The molecular formula is C26H18N2O2S. The molecule has 3 aromatic carbocycles. The van der Waals surface area contributed by atoms with Crippen LogP contribution >= 0.6 is 11.8 Å². The molecule has 2 heterocycles. The Balaban J connectivity index is 1.51. The monoisotopic (exact) mass is 422 g/mol. The fourth-order valence-electron chi connectivity index (χ4n) is 3.28. The minimum absolute atomic E-state index is 0.122. The zero-order valence-corrected chi connectivity index (χ0v) is 17.3. The lowest BCUT2D eigenvalue weighted by molar-refractivity contribution is -0.113. The Bertz CT molecular complexity index is 1260. The molecule has 1 aliphatic heterocycles. The molecule has 1 amide bonds. The molecule has 0 bridgehead atoms. The summed E-state index contributed by atoms with van der Waals surface area (Å²) < 4.78 is 5.97. The van der Waals surface area contributed by atoms with Crippen LogP contribution in [0.1, 0.15) is 5.76 Å². The van der Waals surface area contributed by atoms with Crippen LogP contribution in [0.4, 0.5) is 11.4 Å². The molecule has 0 N–H and O–H groups in total. The van der Waals surface area contributed by atoms with E-state index in [0.29, 0.717) is 15.8 Å². The van der Waals surface area contributed by atoms with Crippen LogP contribution in [0.25, 0.3) is 17.4 Å². The number of hydrogen-bond donors (Lipinski definition) is 0. The number of anilines is 1. The fourth-order valence-corrected chi connectivity index (χ4v) is 4.26. The highest BCUT2D eigenvalue weighted by Crippen LogP contribution is 2.37. The van der Waals surface area contributed by atoms with Gasteiger partial charge in [-0.25, -0.2) is 4.99 Å². The molecule has 0 unspecified atom stereocenters. The molecule has 5 rings (SSSR count). The van der Waals surface area contributed by atoms with Gasteiger partial charge in [-0.3, -0.25) is 9.69 Å². The Hall–Kier alpha value is -3.83. The van der Waals surface area contributed by atoms with Crippen molar-refractivity contribution in [1.82, 2.24) is 0 Å². The van der Waals surface area contributed by atoms with Crippen LogP contribution in [0.5, 0.6) is 0 Å². The van der Waals surface area contributed by atoms with E-state index in [-0.39, 0.29) is 5.91 Å². The van der Waals surface area contributed by atoms with Gasteiger partial charge in [0, 0.05) is 11.6 Å². The van der Waals surface area contributed by atoms with Gasteiger partial charge in [-0.05, 0) is 48.2 Å². The second kappa shape index (κ2) is 8.50. The van der Waals surface area contributed by atoms with Crippen molar-refractivity contribution >= 4 is 40.3 Å². The van der Waals surface area contributed by atoms with Crippen LogP contribution in [0.15, 0.2) is 117 Å². The van der Waals surface area contributed by atoms with Crippen LogP contribution in [0.3, 0.4) is 0 Å². The van der Waals surface area contributed by atoms with Crippen molar-refractivity contribution in [3.05, 3.63) is 114 Å². The third-order valence-corrected chi connectivity index (χ3v) is 5.73. The van der Waals surface area contributed by atoms with Crippen molar-refractivity contribution < 1.29 is 9.21 Å². The number of nitrogens with zero attached hydrogens (tertiary/aromatic N) is 2. The molecule has 1 aromatic heterocycles. The average molecular weight is 423 g/mol. The zero-order valence-electron chi connectivity index (χ0n) is 16.5. The van der Waals surface area contributed by atoms with Gasteiger partial charge in [-0.2, -0.15) is 0 Å². The molecule has 0 atom stereocenters. The van der Waals surface area contributed by atoms with Gasteiger partial charge >= 0.3 is 0 Å². The van der Waals surface area contributed by atoms with Gasteiger partial charge < -0.3 is 4.42 Å². The molecule has 31 heavy (non-hydrogen) atoms. The molecular weight excluding hydrogens is 404 g/mol. The molecule has 0 radical (unpaired) electrons. The summed E-state index contributed by atoms with van der Waals surface area (Å²) in [6, 6.07) is 32.9. The fraction of sp³-hybridized carbons (Fsp3) is 0. The first kappa shape index (κ1) is 19.2. The quantitative estimate of drug-likeness (QED) is 0.342. The Kier molecular flexibility index (Phi) is 5.25. The van der Waals surface area contributed by atoms with Crippen molar-refractivity contribution in [3.8, 4) is 11.3 Å². The molecule has 4 nitrogen and oxygen atoms in total. The number of rotatable bonds is 4. The van der Waals surface area contributed by atoms with E-state index in [2.05, 4.69) is 0 Å². The lowest BCUT2D eigenvalue weighted by Gasteiger charge is -2.15. The minimum Gasteiger partial charge on any atom is -0.457 e. The third kappa shape index (κ3) is 4.09. The number of aliphatic imine (C=N–C) groups is 1. The lowest BCUT2D eigenvalue weighted by atomic mass is 10.2. The van der Waals surface area contributed by atoms with Gasteiger partial charge in [0.15, 0.2) is 5.17 Å². The minimum atomic E-state index is -0.122. The maximum atomic E-state index is 13.3. The number of hydrogen-bond acceptors (Lipinski definition) is 4. The molecule has 0 spiro atoms. The van der Waals surface area contributed by atoms with E-state index in [4.69, 9.17) is 9.41 Å². The number of amidine groups is 1. The smallest absolute Gasteiger partial charge is 0.271 e. The summed E-state index contributed by atoms with van der Waals surface area (Å²) in [6.07, 6.45) is 1.78. The van der Waals surface area contributed by atoms with E-state index in [1.165, 1.54) is 11.8 Å². The number of thioether (sulfide) groups is 1. The van der Waals surface area contributed by atoms with Gasteiger partial charge in [0.1, 0.15) is 11.5 Å². The second-order valence-electron chi connectivity index (χ2n) is 6.88. The number of furan rings is 1. The maximum Gasteiger partial charge on any atom is 0.271 e. The molecule has 0 saturated carbocycles. The first-order valence-corrected chi connectivity index (χ1v) is 10.7. The Morgan fingerprint density at radius 3 is 2.13 bits per heavy atom. The summed E-state index contributed by atoms with van der Waals surface area (Å²) in [5.74, 6) is 1.27. The molecule has 150 valence electrons. The summed E-state index contributed by atoms with van der Waals surface area (Å²) in [5, 5.41) is 0.614. The Labute approximate surface area is 184 Å². The van der Waals surface area contributed by atoms with Gasteiger partial charge in [-0.15, -0.1) is 0 Å². The van der Waals surface area contributed by atoms with Crippen molar-refractivity contribution in [2.75, 3.05) is 4.90 Å². The first-order valence-electron chi connectivity index (χ1n) is 9.86. The van der Waals surface area contributed by atoms with Crippen molar-refractivity contribution in [2.45, 2.75) is 0 Å². The number of benzene rings is 3. The predicted octanol–water partition coefficient (Wildman–Crippen LogP) is 6.76. The number of amides is 1. The Morgan fingerprint density at radius 2 is 1.42 bits per heavy atom. The van der Waals surface area contributed by atoms with Crippen molar-refractivity contribution in [2.24, 2.45) is 4.99 Å². The van der Waals surface area contributed by atoms with Crippen LogP contribution in [-0.4, -0.2) is 11.1 Å². The standard InChI is InChI=1S/C26H18N2O2S/c29-25-24(18-22-16-17-23(30-22)19-10-4-1-5-11-19)31-26(27-20-12-6-2-7-13-20)28(25)21-14-8-3-9-15-21/h1-18H. The van der Waals surface area contributed by atoms with E-state index in [1.54, 1.807) is 11.0 Å². The largest absolute Gasteiger partial charge is 0.457 e. The van der Waals surface area contributed by atoms with Gasteiger partial charge in [-0.1, -0.05) is 66.7 Å². The molecule has 1 saturated heterocycles.